The maximum Gasteiger partial charge on any atom is 0.251 e. The van der Waals surface area contributed by atoms with Crippen LogP contribution in [0.4, 0.5) is 0 Å². The van der Waals surface area contributed by atoms with Gasteiger partial charge in [0, 0.05) is 10.9 Å². The fourth-order valence-corrected chi connectivity index (χ4v) is 3.44. The van der Waals surface area contributed by atoms with Crippen LogP contribution in [-0.2, 0) is 11.3 Å². The van der Waals surface area contributed by atoms with Crippen molar-refractivity contribution in [2.45, 2.75) is 40.3 Å². The van der Waals surface area contributed by atoms with E-state index in [2.05, 4.69) is 15.6 Å². The lowest BCUT2D eigenvalue weighted by Gasteiger charge is -2.21. The first-order chi connectivity index (χ1) is 13.8. The first-order valence-electron chi connectivity index (χ1n) is 9.50. The van der Waals surface area contributed by atoms with Gasteiger partial charge >= 0.3 is 0 Å². The van der Waals surface area contributed by atoms with E-state index >= 15 is 0 Å². The zero-order valence-electron chi connectivity index (χ0n) is 17.0. The topological polar surface area (TPSA) is 84.2 Å². The molecule has 2 heterocycles. The van der Waals surface area contributed by atoms with E-state index in [0.29, 0.717) is 17.1 Å². The predicted octanol–water partition coefficient (Wildman–Crippen LogP) is 4.09. The van der Waals surface area contributed by atoms with Crippen LogP contribution in [0.5, 0.6) is 0 Å². The van der Waals surface area contributed by atoms with E-state index in [1.807, 2.05) is 57.3 Å². The molecule has 3 rings (SSSR count). The Morgan fingerprint density at radius 2 is 1.83 bits per heavy atom. The van der Waals surface area contributed by atoms with Crippen molar-refractivity contribution < 1.29 is 14.0 Å². The largest absolute Gasteiger partial charge is 0.458 e. The Bertz CT molecular complexity index is 989. The molecular weight excluding hydrogens is 386 g/mol. The number of hydrogen-bond acceptors (Lipinski definition) is 5. The summed E-state index contributed by atoms with van der Waals surface area (Å²) in [5.41, 5.74) is 2.39. The molecule has 152 valence electrons. The van der Waals surface area contributed by atoms with Crippen molar-refractivity contribution in [3.8, 4) is 11.5 Å². The Morgan fingerprint density at radius 3 is 2.45 bits per heavy atom. The number of furan rings is 1. The molecule has 2 aromatic heterocycles. The van der Waals surface area contributed by atoms with E-state index < -0.39 is 6.04 Å². The normalized spacial score (nSPS) is 12.0. The SMILES string of the molecule is Cc1ccc(C(=O)N[C@H](C(=O)NCc2ccc(-c3csc(C)n3)o2)C(C)C)cc1. The molecular formula is C22H25N3O3S. The average molecular weight is 412 g/mol. The fourth-order valence-electron chi connectivity index (χ4n) is 2.84. The number of amides is 2. The number of aromatic nitrogens is 1. The van der Waals surface area contributed by atoms with Crippen LogP contribution < -0.4 is 10.6 Å². The molecule has 0 aliphatic rings. The molecule has 0 aliphatic heterocycles. The molecule has 3 aromatic rings. The first kappa shape index (κ1) is 20.8. The second kappa shape index (κ2) is 9.05. The van der Waals surface area contributed by atoms with Gasteiger partial charge in [-0.3, -0.25) is 9.59 Å². The standard InChI is InChI=1S/C22H25N3O3S/c1-13(2)20(25-21(26)16-7-5-14(3)6-8-16)22(27)23-11-17-9-10-19(28-17)18-12-29-15(4)24-18/h5-10,12-13,20H,11H2,1-4H3,(H,23,27)(H,25,26)/t20-/m0/s1. The van der Waals surface area contributed by atoms with Crippen LogP contribution in [0.1, 0.15) is 40.5 Å². The number of nitrogens with one attached hydrogen (secondary N) is 2. The zero-order chi connectivity index (χ0) is 21.0. The maximum atomic E-state index is 12.7. The second-order valence-electron chi connectivity index (χ2n) is 7.30. The number of thiazole rings is 1. The van der Waals surface area contributed by atoms with Gasteiger partial charge in [-0.1, -0.05) is 31.5 Å². The molecule has 0 radical (unpaired) electrons. The summed E-state index contributed by atoms with van der Waals surface area (Å²) >= 11 is 1.56. The van der Waals surface area contributed by atoms with Crippen molar-refractivity contribution in [3.05, 3.63) is 63.7 Å². The maximum absolute atomic E-state index is 12.7. The third kappa shape index (κ3) is 5.32. The van der Waals surface area contributed by atoms with Crippen LogP contribution in [0.15, 0.2) is 46.2 Å². The number of carbonyl (C=O) groups excluding carboxylic acids is 2. The minimum atomic E-state index is -0.639. The molecule has 0 spiro atoms. The third-order valence-electron chi connectivity index (χ3n) is 4.52. The highest BCUT2D eigenvalue weighted by atomic mass is 32.1. The van der Waals surface area contributed by atoms with E-state index in [9.17, 15) is 9.59 Å². The molecule has 2 amide bonds. The quantitative estimate of drug-likeness (QED) is 0.613. The van der Waals surface area contributed by atoms with Gasteiger partial charge in [0.1, 0.15) is 17.5 Å². The van der Waals surface area contributed by atoms with Crippen LogP contribution in [0, 0.1) is 19.8 Å². The Balaban J connectivity index is 1.60. The highest BCUT2D eigenvalue weighted by molar-refractivity contribution is 7.09. The van der Waals surface area contributed by atoms with Crippen LogP contribution in [0.25, 0.3) is 11.5 Å². The van der Waals surface area contributed by atoms with Crippen molar-refractivity contribution >= 4 is 23.2 Å². The summed E-state index contributed by atoms with van der Waals surface area (Å²) in [5.74, 6) is 0.730. The minimum Gasteiger partial charge on any atom is -0.458 e. The second-order valence-corrected chi connectivity index (χ2v) is 8.36. The minimum absolute atomic E-state index is 0.0606. The van der Waals surface area contributed by atoms with Crippen LogP contribution >= 0.6 is 11.3 Å². The Hall–Kier alpha value is -2.93. The molecule has 1 atom stereocenters. The molecule has 0 unspecified atom stereocenters. The molecule has 6 nitrogen and oxygen atoms in total. The van der Waals surface area contributed by atoms with Crippen molar-refractivity contribution in [2.75, 3.05) is 0 Å². The van der Waals surface area contributed by atoms with Gasteiger partial charge in [-0.2, -0.15) is 0 Å². The highest BCUT2D eigenvalue weighted by Gasteiger charge is 2.24. The summed E-state index contributed by atoms with van der Waals surface area (Å²) < 4.78 is 5.78. The Labute approximate surface area is 174 Å². The zero-order valence-corrected chi connectivity index (χ0v) is 17.8. The van der Waals surface area contributed by atoms with E-state index in [0.717, 1.165) is 16.3 Å². The molecule has 2 N–H and O–H groups in total. The number of hydrogen-bond donors (Lipinski definition) is 2. The molecule has 29 heavy (non-hydrogen) atoms. The van der Waals surface area contributed by atoms with Gasteiger partial charge in [0.05, 0.1) is 11.6 Å². The number of aryl methyl sites for hydroxylation is 2. The first-order valence-corrected chi connectivity index (χ1v) is 10.4. The number of benzene rings is 1. The smallest absolute Gasteiger partial charge is 0.251 e. The van der Waals surface area contributed by atoms with E-state index in [4.69, 9.17) is 4.42 Å². The number of rotatable bonds is 7. The third-order valence-corrected chi connectivity index (χ3v) is 5.29. The van der Waals surface area contributed by atoms with Crippen LogP contribution in [-0.4, -0.2) is 22.8 Å². The summed E-state index contributed by atoms with van der Waals surface area (Å²) in [4.78, 5) is 29.6. The van der Waals surface area contributed by atoms with Crippen molar-refractivity contribution in [1.29, 1.82) is 0 Å². The van der Waals surface area contributed by atoms with Gasteiger partial charge in [0.25, 0.3) is 5.91 Å². The predicted molar refractivity (Wildman–Crippen MR) is 114 cm³/mol. The van der Waals surface area contributed by atoms with Gasteiger partial charge < -0.3 is 15.1 Å². The van der Waals surface area contributed by atoms with Crippen molar-refractivity contribution in [3.63, 3.8) is 0 Å². The Kier molecular flexibility index (Phi) is 6.49. The summed E-state index contributed by atoms with van der Waals surface area (Å²) in [6.07, 6.45) is 0. The van der Waals surface area contributed by atoms with Gasteiger partial charge in [0.2, 0.25) is 5.91 Å². The lowest BCUT2D eigenvalue weighted by molar-refractivity contribution is -0.124. The van der Waals surface area contributed by atoms with E-state index in [1.165, 1.54) is 0 Å². The monoisotopic (exact) mass is 411 g/mol. The summed E-state index contributed by atoms with van der Waals surface area (Å²) in [7, 11) is 0. The van der Waals surface area contributed by atoms with Crippen molar-refractivity contribution in [1.82, 2.24) is 15.6 Å². The van der Waals surface area contributed by atoms with Crippen LogP contribution in [0.2, 0.25) is 0 Å². The molecule has 0 bridgehead atoms. The van der Waals surface area contributed by atoms with Crippen LogP contribution in [0.3, 0.4) is 0 Å². The van der Waals surface area contributed by atoms with Gasteiger partial charge in [0.15, 0.2) is 5.76 Å². The molecule has 0 saturated heterocycles. The van der Waals surface area contributed by atoms with E-state index in [1.54, 1.807) is 23.5 Å². The summed E-state index contributed by atoms with van der Waals surface area (Å²) in [6.45, 7) is 7.94. The lowest BCUT2D eigenvalue weighted by atomic mass is 10.0. The van der Waals surface area contributed by atoms with E-state index in [-0.39, 0.29) is 24.3 Å². The average Bonchev–Trinajstić information content (AvgIpc) is 3.33. The molecule has 0 fully saturated rings. The van der Waals surface area contributed by atoms with Gasteiger partial charge in [-0.05, 0) is 44.0 Å². The summed E-state index contributed by atoms with van der Waals surface area (Å²) in [5, 5.41) is 8.59. The van der Waals surface area contributed by atoms with Crippen molar-refractivity contribution in [2.24, 2.45) is 5.92 Å². The molecule has 7 heteroatoms. The van der Waals surface area contributed by atoms with Gasteiger partial charge in [-0.25, -0.2) is 4.98 Å². The Morgan fingerprint density at radius 1 is 1.10 bits per heavy atom. The molecule has 0 aliphatic carbocycles. The summed E-state index contributed by atoms with van der Waals surface area (Å²) in [6, 6.07) is 10.3. The number of nitrogens with zero attached hydrogens (tertiary/aromatic N) is 1. The molecule has 0 saturated carbocycles. The lowest BCUT2D eigenvalue weighted by Crippen LogP contribution is -2.49. The molecule has 1 aromatic carbocycles. The fraction of sp³-hybridized carbons (Fsp3) is 0.318. The highest BCUT2D eigenvalue weighted by Crippen LogP contribution is 2.23. The van der Waals surface area contributed by atoms with Gasteiger partial charge in [-0.15, -0.1) is 11.3 Å². The number of carbonyl (C=O) groups is 2.